The summed E-state index contributed by atoms with van der Waals surface area (Å²) in [5.74, 6) is -1.96. The standard InChI is InChI=1S/C20H25N5O7S2/c1-5-12(31-10(3)26)32-18(29)20(6-2)8-25-16(28)14(17(25)34-9-20)23-15(27)13(24-30-4)11-7-33-19(21)22-11/h6-7,12,14,17H,2,5,8-9H2,1,3-4H3,(H2,21,22)(H,23,27)/t12?,14?,17-,20?/m1/s1. The van der Waals surface area contributed by atoms with Gasteiger partial charge in [-0.25, -0.2) is 4.98 Å². The lowest BCUT2D eigenvalue weighted by Crippen LogP contribution is -2.74. The van der Waals surface area contributed by atoms with Gasteiger partial charge in [-0.2, -0.15) is 0 Å². The lowest BCUT2D eigenvalue weighted by molar-refractivity contribution is -0.193. The van der Waals surface area contributed by atoms with Crippen molar-refractivity contribution < 1.29 is 33.5 Å². The number of thioether (sulfide) groups is 1. The van der Waals surface area contributed by atoms with Gasteiger partial charge in [0, 0.05) is 31.0 Å². The molecule has 3 N–H and O–H groups in total. The molecule has 0 aromatic carbocycles. The number of ether oxygens (including phenoxy) is 2. The number of β-lactam (4-membered cyclic amide) rings is 1. The van der Waals surface area contributed by atoms with E-state index in [4.69, 9.17) is 20.0 Å². The van der Waals surface area contributed by atoms with Crippen LogP contribution in [0.15, 0.2) is 23.2 Å². The molecular weight excluding hydrogens is 486 g/mol. The summed E-state index contributed by atoms with van der Waals surface area (Å²) in [6.07, 6.45) is 0.692. The summed E-state index contributed by atoms with van der Waals surface area (Å²) in [6.45, 7) is 6.71. The van der Waals surface area contributed by atoms with Gasteiger partial charge in [-0.15, -0.1) is 29.7 Å². The normalized spacial score (nSPS) is 24.9. The van der Waals surface area contributed by atoms with Crippen LogP contribution in [0.1, 0.15) is 26.0 Å². The zero-order valence-corrected chi connectivity index (χ0v) is 20.4. The Balaban J connectivity index is 1.67. The van der Waals surface area contributed by atoms with Crippen molar-refractivity contribution in [2.75, 3.05) is 25.1 Å². The third kappa shape index (κ3) is 5.01. The van der Waals surface area contributed by atoms with Crippen LogP contribution in [0.2, 0.25) is 0 Å². The molecule has 2 aliphatic heterocycles. The predicted molar refractivity (Wildman–Crippen MR) is 125 cm³/mol. The Bertz CT molecular complexity index is 1030. The zero-order valence-electron chi connectivity index (χ0n) is 18.8. The smallest absolute Gasteiger partial charge is 0.321 e. The first-order chi connectivity index (χ1) is 16.2. The summed E-state index contributed by atoms with van der Waals surface area (Å²) in [7, 11) is 1.29. The van der Waals surface area contributed by atoms with Crippen LogP contribution in [0, 0.1) is 5.41 Å². The molecule has 2 saturated heterocycles. The molecular formula is C20H25N5O7S2. The Kier molecular flexibility index (Phi) is 7.82. The highest BCUT2D eigenvalue weighted by Gasteiger charge is 2.57. The molecule has 1 aromatic rings. The number of nitrogens with one attached hydrogen (secondary N) is 1. The zero-order chi connectivity index (χ0) is 25.0. The summed E-state index contributed by atoms with van der Waals surface area (Å²) in [6, 6.07) is -0.821. The first-order valence-electron chi connectivity index (χ1n) is 10.2. The molecule has 3 rings (SSSR count). The van der Waals surface area contributed by atoms with Crippen molar-refractivity contribution in [1.82, 2.24) is 15.2 Å². The maximum atomic E-state index is 12.9. The fourth-order valence-electron chi connectivity index (χ4n) is 3.44. The van der Waals surface area contributed by atoms with Crippen molar-refractivity contribution in [3.63, 3.8) is 0 Å². The van der Waals surface area contributed by atoms with Crippen LogP contribution in [-0.2, 0) is 33.5 Å². The number of carbonyl (C=O) groups excluding carboxylic acids is 4. The maximum Gasteiger partial charge on any atom is 0.321 e. The predicted octanol–water partition coefficient (Wildman–Crippen LogP) is 0.491. The third-order valence-electron chi connectivity index (χ3n) is 5.22. The highest BCUT2D eigenvalue weighted by Crippen LogP contribution is 2.43. The minimum atomic E-state index is -1.18. The number of hydrogen-bond acceptors (Lipinski definition) is 12. The summed E-state index contributed by atoms with van der Waals surface area (Å²) >= 11 is 2.44. The van der Waals surface area contributed by atoms with E-state index in [0.717, 1.165) is 11.3 Å². The van der Waals surface area contributed by atoms with Crippen LogP contribution in [0.4, 0.5) is 5.13 Å². The maximum absolute atomic E-state index is 12.9. The van der Waals surface area contributed by atoms with Crippen LogP contribution in [0.3, 0.4) is 0 Å². The number of carbonyl (C=O) groups is 4. The van der Waals surface area contributed by atoms with E-state index in [1.165, 1.54) is 36.8 Å². The van der Waals surface area contributed by atoms with Crippen LogP contribution >= 0.6 is 23.1 Å². The molecule has 2 aliphatic rings. The SMILES string of the molecule is C=CC1(C(=O)OC(CC)OC(C)=O)CS[C@@H]2C(NC(=O)C(=NOC)c3csc(N)n3)C(=O)N2C1. The van der Waals surface area contributed by atoms with E-state index in [9.17, 15) is 19.2 Å². The second-order valence-electron chi connectivity index (χ2n) is 7.53. The average molecular weight is 512 g/mol. The Morgan fingerprint density at radius 1 is 1.47 bits per heavy atom. The van der Waals surface area contributed by atoms with E-state index < -0.39 is 41.0 Å². The molecule has 2 fully saturated rings. The summed E-state index contributed by atoms with van der Waals surface area (Å²) < 4.78 is 10.4. The van der Waals surface area contributed by atoms with E-state index >= 15 is 0 Å². The van der Waals surface area contributed by atoms with E-state index in [1.54, 1.807) is 12.3 Å². The largest absolute Gasteiger partial charge is 0.425 e. The fourth-order valence-corrected chi connectivity index (χ4v) is 5.52. The summed E-state index contributed by atoms with van der Waals surface area (Å²) in [5.41, 5.74) is 4.57. The molecule has 184 valence electrons. The molecule has 1 aromatic heterocycles. The third-order valence-corrected chi connectivity index (χ3v) is 7.44. The number of nitrogens with zero attached hydrogens (tertiary/aromatic N) is 3. The highest BCUT2D eigenvalue weighted by atomic mass is 32.2. The van der Waals surface area contributed by atoms with Gasteiger partial charge >= 0.3 is 11.9 Å². The first kappa shape index (κ1) is 25.5. The van der Waals surface area contributed by atoms with Gasteiger partial charge in [-0.05, 0) is 0 Å². The second-order valence-corrected chi connectivity index (χ2v) is 9.52. The molecule has 3 heterocycles. The van der Waals surface area contributed by atoms with Crippen molar-refractivity contribution in [3.8, 4) is 0 Å². The summed E-state index contributed by atoms with van der Waals surface area (Å²) in [4.78, 5) is 60.0. The molecule has 3 unspecified atom stereocenters. The van der Waals surface area contributed by atoms with Gasteiger partial charge in [0.25, 0.3) is 5.91 Å². The number of rotatable bonds is 9. The average Bonchev–Trinajstić information content (AvgIpc) is 3.24. The van der Waals surface area contributed by atoms with Crippen LogP contribution in [-0.4, -0.2) is 76.5 Å². The monoisotopic (exact) mass is 511 g/mol. The minimum Gasteiger partial charge on any atom is -0.425 e. The fraction of sp³-hybridized carbons (Fsp3) is 0.500. The van der Waals surface area contributed by atoms with Crippen molar-refractivity contribution in [2.24, 2.45) is 10.6 Å². The van der Waals surface area contributed by atoms with Crippen molar-refractivity contribution in [1.29, 1.82) is 0 Å². The highest BCUT2D eigenvalue weighted by molar-refractivity contribution is 8.00. The number of oxime groups is 1. The number of aromatic nitrogens is 1. The molecule has 0 radical (unpaired) electrons. The molecule has 0 bridgehead atoms. The molecule has 12 nitrogen and oxygen atoms in total. The van der Waals surface area contributed by atoms with E-state index in [1.807, 2.05) is 0 Å². The van der Waals surface area contributed by atoms with Crippen LogP contribution in [0.25, 0.3) is 0 Å². The number of nitrogens with two attached hydrogens (primary N) is 1. The van der Waals surface area contributed by atoms with Crippen LogP contribution < -0.4 is 11.1 Å². The number of amides is 2. The number of nitrogen functional groups attached to an aromatic ring is 1. The molecule has 14 heteroatoms. The first-order valence-corrected chi connectivity index (χ1v) is 12.2. The van der Waals surface area contributed by atoms with E-state index in [0.29, 0.717) is 0 Å². The second kappa shape index (κ2) is 10.4. The van der Waals surface area contributed by atoms with Gasteiger partial charge in [0.1, 0.15) is 29.6 Å². The number of anilines is 1. The van der Waals surface area contributed by atoms with Crippen molar-refractivity contribution in [2.45, 2.75) is 38.0 Å². The molecule has 0 aliphatic carbocycles. The Morgan fingerprint density at radius 3 is 2.76 bits per heavy atom. The Morgan fingerprint density at radius 2 is 2.21 bits per heavy atom. The van der Waals surface area contributed by atoms with Gasteiger partial charge in [-0.3, -0.25) is 19.2 Å². The minimum absolute atomic E-state index is 0.0242. The molecule has 4 atom stereocenters. The molecule has 34 heavy (non-hydrogen) atoms. The summed E-state index contributed by atoms with van der Waals surface area (Å²) in [5, 5.41) is 7.79. The van der Waals surface area contributed by atoms with Crippen molar-refractivity contribution >= 4 is 57.7 Å². The number of fused-ring (bicyclic) bond motifs is 1. The van der Waals surface area contributed by atoms with Gasteiger partial charge in [0.05, 0.1) is 0 Å². The topological polar surface area (TPSA) is 163 Å². The number of thiazole rings is 1. The van der Waals surface area contributed by atoms with Gasteiger partial charge in [-0.1, -0.05) is 18.2 Å². The molecule has 0 saturated carbocycles. The molecule has 0 spiro atoms. The quantitative estimate of drug-likeness (QED) is 0.119. The van der Waals surface area contributed by atoms with Crippen molar-refractivity contribution in [3.05, 3.63) is 23.7 Å². The number of hydrogen-bond donors (Lipinski definition) is 2. The van der Waals surface area contributed by atoms with E-state index in [-0.39, 0.29) is 41.2 Å². The van der Waals surface area contributed by atoms with Crippen LogP contribution in [0.5, 0.6) is 0 Å². The molecule has 2 amide bonds. The lowest BCUT2D eigenvalue weighted by Gasteiger charge is -2.53. The van der Waals surface area contributed by atoms with Gasteiger partial charge in [0.2, 0.25) is 12.2 Å². The lowest BCUT2D eigenvalue weighted by atomic mass is 9.87. The Labute approximate surface area is 203 Å². The number of esters is 2. The van der Waals surface area contributed by atoms with Gasteiger partial charge in [0.15, 0.2) is 10.8 Å². The van der Waals surface area contributed by atoms with E-state index in [2.05, 4.69) is 22.0 Å². The Hall–Kier alpha value is -3.13. The van der Waals surface area contributed by atoms with Gasteiger partial charge < -0.3 is 30.3 Å².